The fourth-order valence-electron chi connectivity index (χ4n) is 2.05. The number of hydrogen-bond acceptors (Lipinski definition) is 2. The molecular weight excluding hydrogens is 212 g/mol. The standard InChI is InChI=1S/C15H32O2/c1-3-14(2)11-9-7-5-4-6-8-10-12-15(17)13-16/h14-17H,3-13H2,1-2H3. The molecule has 17 heavy (non-hydrogen) atoms. The zero-order valence-electron chi connectivity index (χ0n) is 11.8. The number of aliphatic hydroxyl groups is 2. The Morgan fingerprint density at radius 1 is 0.824 bits per heavy atom. The van der Waals surface area contributed by atoms with Crippen LogP contribution in [0, 0.1) is 5.92 Å². The molecule has 2 unspecified atom stereocenters. The van der Waals surface area contributed by atoms with Crippen molar-refractivity contribution in [3.8, 4) is 0 Å². The summed E-state index contributed by atoms with van der Waals surface area (Å²) in [6.45, 7) is 4.52. The summed E-state index contributed by atoms with van der Waals surface area (Å²) in [5, 5.41) is 17.8. The lowest BCUT2D eigenvalue weighted by Crippen LogP contribution is -2.10. The summed E-state index contributed by atoms with van der Waals surface area (Å²) in [5.74, 6) is 0.898. The van der Waals surface area contributed by atoms with Crippen LogP contribution in [-0.2, 0) is 0 Å². The van der Waals surface area contributed by atoms with Crippen molar-refractivity contribution in [3.05, 3.63) is 0 Å². The largest absolute Gasteiger partial charge is 0.394 e. The molecule has 0 bridgehead atoms. The lowest BCUT2D eigenvalue weighted by Gasteiger charge is -2.08. The first-order valence-corrected chi connectivity index (χ1v) is 7.49. The summed E-state index contributed by atoms with van der Waals surface area (Å²) >= 11 is 0. The molecule has 0 aromatic carbocycles. The Labute approximate surface area is 107 Å². The van der Waals surface area contributed by atoms with Gasteiger partial charge in [0.15, 0.2) is 0 Å². The van der Waals surface area contributed by atoms with Crippen LogP contribution in [0.25, 0.3) is 0 Å². The average Bonchev–Trinajstić information content (AvgIpc) is 2.35. The molecule has 0 aromatic rings. The molecule has 2 nitrogen and oxygen atoms in total. The highest BCUT2D eigenvalue weighted by Gasteiger charge is 2.01. The molecule has 0 rings (SSSR count). The van der Waals surface area contributed by atoms with Crippen molar-refractivity contribution < 1.29 is 10.2 Å². The molecule has 0 aliphatic heterocycles. The summed E-state index contributed by atoms with van der Waals surface area (Å²) in [7, 11) is 0. The molecule has 0 saturated heterocycles. The van der Waals surface area contributed by atoms with Crippen molar-refractivity contribution in [1.29, 1.82) is 0 Å². The van der Waals surface area contributed by atoms with Gasteiger partial charge < -0.3 is 10.2 Å². The van der Waals surface area contributed by atoms with Crippen LogP contribution in [0.1, 0.15) is 78.1 Å². The van der Waals surface area contributed by atoms with Crippen LogP contribution < -0.4 is 0 Å². The Bertz CT molecular complexity index is 132. The second-order valence-electron chi connectivity index (χ2n) is 5.40. The molecule has 0 aliphatic carbocycles. The van der Waals surface area contributed by atoms with Crippen molar-refractivity contribution >= 4 is 0 Å². The molecular formula is C15H32O2. The SMILES string of the molecule is CCC(C)CCCCCCCCCC(O)CO. The second-order valence-corrected chi connectivity index (χ2v) is 5.40. The molecule has 0 spiro atoms. The van der Waals surface area contributed by atoms with Crippen LogP contribution >= 0.6 is 0 Å². The average molecular weight is 244 g/mol. The van der Waals surface area contributed by atoms with E-state index in [-0.39, 0.29) is 6.61 Å². The first-order chi connectivity index (χ1) is 8.20. The van der Waals surface area contributed by atoms with Crippen LogP contribution in [0.2, 0.25) is 0 Å². The maximum absolute atomic E-state index is 9.16. The normalized spacial score (nSPS) is 14.8. The van der Waals surface area contributed by atoms with Gasteiger partial charge >= 0.3 is 0 Å². The molecule has 104 valence electrons. The van der Waals surface area contributed by atoms with E-state index in [4.69, 9.17) is 10.2 Å². The van der Waals surface area contributed by atoms with Crippen molar-refractivity contribution in [2.24, 2.45) is 5.92 Å². The van der Waals surface area contributed by atoms with E-state index >= 15 is 0 Å². The molecule has 0 aromatic heterocycles. The van der Waals surface area contributed by atoms with E-state index in [0.29, 0.717) is 0 Å². The van der Waals surface area contributed by atoms with Crippen LogP contribution in [-0.4, -0.2) is 22.9 Å². The smallest absolute Gasteiger partial charge is 0.0770 e. The fraction of sp³-hybridized carbons (Fsp3) is 1.00. The molecule has 0 saturated carbocycles. The first-order valence-electron chi connectivity index (χ1n) is 7.49. The first kappa shape index (κ1) is 16.9. The highest BCUT2D eigenvalue weighted by Crippen LogP contribution is 2.14. The zero-order chi connectivity index (χ0) is 12.9. The van der Waals surface area contributed by atoms with E-state index in [0.717, 1.165) is 18.8 Å². The summed E-state index contributed by atoms with van der Waals surface area (Å²) in [4.78, 5) is 0. The highest BCUT2D eigenvalue weighted by molar-refractivity contribution is 4.54. The summed E-state index contributed by atoms with van der Waals surface area (Å²) in [5.41, 5.74) is 0. The van der Waals surface area contributed by atoms with Crippen molar-refractivity contribution in [2.75, 3.05) is 6.61 Å². The predicted molar refractivity (Wildman–Crippen MR) is 74.1 cm³/mol. The number of hydrogen-bond donors (Lipinski definition) is 2. The van der Waals surface area contributed by atoms with Gasteiger partial charge in [0, 0.05) is 0 Å². The molecule has 2 atom stereocenters. The third kappa shape index (κ3) is 12.2. The Hall–Kier alpha value is -0.0800. The maximum atomic E-state index is 9.16. The number of unbranched alkanes of at least 4 members (excludes halogenated alkanes) is 6. The maximum Gasteiger partial charge on any atom is 0.0770 e. The van der Waals surface area contributed by atoms with Crippen LogP contribution in [0.5, 0.6) is 0 Å². The summed E-state index contributed by atoms with van der Waals surface area (Å²) in [6.07, 6.45) is 11.9. The van der Waals surface area contributed by atoms with Gasteiger partial charge in [-0.3, -0.25) is 0 Å². The van der Waals surface area contributed by atoms with E-state index in [2.05, 4.69) is 13.8 Å². The van der Waals surface area contributed by atoms with Crippen molar-refractivity contribution in [1.82, 2.24) is 0 Å². The molecule has 0 aliphatic rings. The quantitative estimate of drug-likeness (QED) is 0.511. The fourth-order valence-corrected chi connectivity index (χ4v) is 2.05. The zero-order valence-corrected chi connectivity index (χ0v) is 11.8. The van der Waals surface area contributed by atoms with E-state index in [1.54, 1.807) is 0 Å². The van der Waals surface area contributed by atoms with E-state index in [9.17, 15) is 0 Å². The van der Waals surface area contributed by atoms with Gasteiger partial charge in [-0.25, -0.2) is 0 Å². The van der Waals surface area contributed by atoms with Crippen molar-refractivity contribution in [2.45, 2.75) is 84.2 Å². The monoisotopic (exact) mass is 244 g/mol. The third-order valence-electron chi connectivity index (χ3n) is 3.64. The lowest BCUT2D eigenvalue weighted by molar-refractivity contribution is 0.0860. The van der Waals surface area contributed by atoms with Crippen LogP contribution in [0.3, 0.4) is 0 Å². The van der Waals surface area contributed by atoms with Gasteiger partial charge in [-0.05, 0) is 12.3 Å². The van der Waals surface area contributed by atoms with E-state index < -0.39 is 6.10 Å². The molecule has 0 radical (unpaired) electrons. The topological polar surface area (TPSA) is 40.5 Å². The Balaban J connectivity index is 3.04. The second kappa shape index (κ2) is 12.4. The Kier molecular flexibility index (Phi) is 12.3. The van der Waals surface area contributed by atoms with Gasteiger partial charge in [-0.2, -0.15) is 0 Å². The molecule has 0 heterocycles. The number of rotatable bonds is 12. The van der Waals surface area contributed by atoms with E-state index in [1.165, 1.54) is 51.4 Å². The van der Waals surface area contributed by atoms with Gasteiger partial charge in [0.25, 0.3) is 0 Å². The van der Waals surface area contributed by atoms with Crippen molar-refractivity contribution in [3.63, 3.8) is 0 Å². The minimum Gasteiger partial charge on any atom is -0.394 e. The summed E-state index contributed by atoms with van der Waals surface area (Å²) < 4.78 is 0. The van der Waals surface area contributed by atoms with Gasteiger partial charge in [-0.15, -0.1) is 0 Å². The van der Waals surface area contributed by atoms with Gasteiger partial charge in [-0.1, -0.05) is 71.6 Å². The van der Waals surface area contributed by atoms with Crippen LogP contribution in [0.4, 0.5) is 0 Å². The predicted octanol–water partition coefficient (Wildman–Crippen LogP) is 3.90. The third-order valence-corrected chi connectivity index (χ3v) is 3.64. The minimum absolute atomic E-state index is 0.0877. The van der Waals surface area contributed by atoms with E-state index in [1.807, 2.05) is 0 Å². The Morgan fingerprint density at radius 3 is 1.76 bits per heavy atom. The van der Waals surface area contributed by atoms with Crippen LogP contribution in [0.15, 0.2) is 0 Å². The Morgan fingerprint density at radius 2 is 1.29 bits per heavy atom. The minimum atomic E-state index is -0.495. The molecule has 2 N–H and O–H groups in total. The summed E-state index contributed by atoms with van der Waals surface area (Å²) in [6, 6.07) is 0. The lowest BCUT2D eigenvalue weighted by atomic mass is 9.99. The van der Waals surface area contributed by atoms with Gasteiger partial charge in [0.2, 0.25) is 0 Å². The van der Waals surface area contributed by atoms with Gasteiger partial charge in [0.1, 0.15) is 0 Å². The number of aliphatic hydroxyl groups excluding tert-OH is 2. The molecule has 0 amide bonds. The molecule has 0 fully saturated rings. The van der Waals surface area contributed by atoms with Gasteiger partial charge in [0.05, 0.1) is 12.7 Å². The highest BCUT2D eigenvalue weighted by atomic mass is 16.3. The molecule has 2 heteroatoms.